The van der Waals surface area contributed by atoms with Crippen molar-refractivity contribution in [1.29, 1.82) is 0 Å². The van der Waals surface area contributed by atoms with E-state index in [0.29, 0.717) is 10.7 Å². The van der Waals surface area contributed by atoms with E-state index in [1.54, 1.807) is 6.07 Å². The number of carbonyl (C=O) groups is 1. The molecule has 0 saturated carbocycles. The Balaban J connectivity index is 1.97. The molecule has 0 aromatic heterocycles. The van der Waals surface area contributed by atoms with Crippen LogP contribution in [0.4, 0.5) is 11.4 Å². The van der Waals surface area contributed by atoms with Crippen LogP contribution in [-0.2, 0) is 4.79 Å². The SMILES string of the molecule is Cc1cc(Br)c(NC(=O)CNc2ccccc2)cc1Cl. The van der Waals surface area contributed by atoms with E-state index in [9.17, 15) is 4.79 Å². The smallest absolute Gasteiger partial charge is 0.243 e. The van der Waals surface area contributed by atoms with Crippen molar-refractivity contribution in [3.05, 3.63) is 57.5 Å². The highest BCUT2D eigenvalue weighted by Crippen LogP contribution is 2.29. The minimum atomic E-state index is -0.130. The molecule has 2 aromatic carbocycles. The monoisotopic (exact) mass is 352 g/mol. The highest BCUT2D eigenvalue weighted by Gasteiger charge is 2.08. The Morgan fingerprint density at radius 1 is 1.25 bits per heavy atom. The van der Waals surface area contributed by atoms with Gasteiger partial charge in [0, 0.05) is 15.2 Å². The summed E-state index contributed by atoms with van der Waals surface area (Å²) in [6.07, 6.45) is 0. The summed E-state index contributed by atoms with van der Waals surface area (Å²) in [5, 5.41) is 6.49. The van der Waals surface area contributed by atoms with Crippen molar-refractivity contribution < 1.29 is 4.79 Å². The fourth-order valence-electron chi connectivity index (χ4n) is 1.67. The van der Waals surface area contributed by atoms with Crippen molar-refractivity contribution in [2.24, 2.45) is 0 Å². The fraction of sp³-hybridized carbons (Fsp3) is 0.133. The summed E-state index contributed by atoms with van der Waals surface area (Å²) in [5.41, 5.74) is 2.53. The second kappa shape index (κ2) is 6.77. The van der Waals surface area contributed by atoms with E-state index in [1.807, 2.05) is 43.3 Å². The Kier molecular flexibility index (Phi) is 5.04. The van der Waals surface area contributed by atoms with Gasteiger partial charge in [-0.1, -0.05) is 29.8 Å². The van der Waals surface area contributed by atoms with E-state index < -0.39 is 0 Å². The molecule has 0 atom stereocenters. The van der Waals surface area contributed by atoms with E-state index in [-0.39, 0.29) is 12.5 Å². The van der Waals surface area contributed by atoms with Gasteiger partial charge in [-0.15, -0.1) is 0 Å². The predicted molar refractivity (Wildman–Crippen MR) is 87.5 cm³/mol. The van der Waals surface area contributed by atoms with Crippen LogP contribution in [0.25, 0.3) is 0 Å². The average Bonchev–Trinajstić information content (AvgIpc) is 2.44. The molecule has 0 saturated heterocycles. The third kappa shape index (κ3) is 3.99. The maximum Gasteiger partial charge on any atom is 0.243 e. The summed E-state index contributed by atoms with van der Waals surface area (Å²) in [5.74, 6) is -0.130. The molecule has 2 aromatic rings. The molecule has 0 radical (unpaired) electrons. The molecule has 0 unspecified atom stereocenters. The zero-order valence-corrected chi connectivity index (χ0v) is 13.3. The maximum atomic E-state index is 11.9. The predicted octanol–water partition coefficient (Wildman–Crippen LogP) is 4.46. The lowest BCUT2D eigenvalue weighted by Crippen LogP contribution is -2.21. The van der Waals surface area contributed by atoms with Crippen molar-refractivity contribution in [3.63, 3.8) is 0 Å². The average molecular weight is 354 g/mol. The van der Waals surface area contributed by atoms with Crippen LogP contribution in [0.15, 0.2) is 46.9 Å². The molecular formula is C15H14BrClN2O. The Labute approximate surface area is 131 Å². The summed E-state index contributed by atoms with van der Waals surface area (Å²) in [7, 11) is 0. The van der Waals surface area contributed by atoms with Crippen LogP contribution in [0.5, 0.6) is 0 Å². The van der Waals surface area contributed by atoms with Crippen LogP contribution < -0.4 is 10.6 Å². The molecule has 0 bridgehead atoms. The largest absolute Gasteiger partial charge is 0.376 e. The molecule has 20 heavy (non-hydrogen) atoms. The van der Waals surface area contributed by atoms with Crippen LogP contribution in [-0.4, -0.2) is 12.5 Å². The molecule has 3 nitrogen and oxygen atoms in total. The van der Waals surface area contributed by atoms with Gasteiger partial charge in [-0.25, -0.2) is 0 Å². The first kappa shape index (κ1) is 14.9. The van der Waals surface area contributed by atoms with Gasteiger partial charge in [0.1, 0.15) is 0 Å². The van der Waals surface area contributed by atoms with Gasteiger partial charge >= 0.3 is 0 Å². The zero-order chi connectivity index (χ0) is 14.5. The molecule has 0 aliphatic rings. The third-order valence-electron chi connectivity index (χ3n) is 2.75. The van der Waals surface area contributed by atoms with Gasteiger partial charge in [0.25, 0.3) is 0 Å². The molecule has 0 spiro atoms. The van der Waals surface area contributed by atoms with Gasteiger partial charge in [-0.3, -0.25) is 4.79 Å². The summed E-state index contributed by atoms with van der Waals surface area (Å²) in [6, 6.07) is 13.2. The summed E-state index contributed by atoms with van der Waals surface area (Å²) in [6.45, 7) is 2.11. The number of carbonyl (C=O) groups excluding carboxylic acids is 1. The molecule has 0 heterocycles. The number of aryl methyl sites for hydroxylation is 1. The first-order valence-corrected chi connectivity index (χ1v) is 7.28. The number of benzene rings is 2. The third-order valence-corrected chi connectivity index (χ3v) is 3.81. The van der Waals surface area contributed by atoms with Crippen LogP contribution in [0.3, 0.4) is 0 Å². The number of hydrogen-bond acceptors (Lipinski definition) is 2. The molecule has 1 amide bonds. The highest BCUT2D eigenvalue weighted by atomic mass is 79.9. The lowest BCUT2D eigenvalue weighted by molar-refractivity contribution is -0.114. The number of hydrogen-bond donors (Lipinski definition) is 2. The minimum Gasteiger partial charge on any atom is -0.376 e. The number of rotatable bonds is 4. The first-order chi connectivity index (χ1) is 9.56. The van der Waals surface area contributed by atoms with Crippen LogP contribution in [0.1, 0.15) is 5.56 Å². The zero-order valence-electron chi connectivity index (χ0n) is 10.9. The number of halogens is 2. The Morgan fingerprint density at radius 3 is 2.65 bits per heavy atom. The van der Waals surface area contributed by atoms with Crippen LogP contribution >= 0.6 is 27.5 Å². The Hall–Kier alpha value is -1.52. The van der Waals surface area contributed by atoms with E-state index in [2.05, 4.69) is 26.6 Å². The van der Waals surface area contributed by atoms with Gasteiger partial charge in [0.05, 0.1) is 12.2 Å². The number of para-hydroxylation sites is 1. The summed E-state index contributed by atoms with van der Waals surface area (Å²) in [4.78, 5) is 11.9. The van der Waals surface area contributed by atoms with Crippen molar-refractivity contribution in [2.75, 3.05) is 17.2 Å². The van der Waals surface area contributed by atoms with Gasteiger partial charge in [-0.2, -0.15) is 0 Å². The van der Waals surface area contributed by atoms with Crippen molar-refractivity contribution in [2.45, 2.75) is 6.92 Å². The topological polar surface area (TPSA) is 41.1 Å². The van der Waals surface area contributed by atoms with E-state index in [1.165, 1.54) is 0 Å². The van der Waals surface area contributed by atoms with Gasteiger partial charge in [-0.05, 0) is 52.7 Å². The Morgan fingerprint density at radius 2 is 1.95 bits per heavy atom. The lowest BCUT2D eigenvalue weighted by Gasteiger charge is -2.10. The maximum absolute atomic E-state index is 11.9. The molecule has 2 N–H and O–H groups in total. The van der Waals surface area contributed by atoms with Gasteiger partial charge < -0.3 is 10.6 Å². The molecule has 0 aliphatic carbocycles. The summed E-state index contributed by atoms with van der Waals surface area (Å²) >= 11 is 9.47. The lowest BCUT2D eigenvalue weighted by atomic mass is 10.2. The fourth-order valence-corrected chi connectivity index (χ4v) is 2.40. The second-order valence-electron chi connectivity index (χ2n) is 4.35. The van der Waals surface area contributed by atoms with Gasteiger partial charge in [0.15, 0.2) is 0 Å². The number of amides is 1. The molecule has 0 fully saturated rings. The quantitative estimate of drug-likeness (QED) is 0.852. The number of anilines is 2. The van der Waals surface area contributed by atoms with Crippen molar-refractivity contribution in [1.82, 2.24) is 0 Å². The van der Waals surface area contributed by atoms with Gasteiger partial charge in [0.2, 0.25) is 5.91 Å². The summed E-state index contributed by atoms with van der Waals surface area (Å²) < 4.78 is 0.812. The van der Waals surface area contributed by atoms with Crippen molar-refractivity contribution >= 4 is 44.8 Å². The van der Waals surface area contributed by atoms with Crippen LogP contribution in [0.2, 0.25) is 5.02 Å². The number of nitrogens with one attached hydrogen (secondary N) is 2. The molecule has 5 heteroatoms. The molecular weight excluding hydrogens is 340 g/mol. The normalized spacial score (nSPS) is 10.2. The standard InChI is InChI=1S/C15H14BrClN2O/c1-10-7-12(16)14(8-13(10)17)19-15(20)9-18-11-5-3-2-4-6-11/h2-8,18H,9H2,1H3,(H,19,20). The Bertz CT molecular complexity index is 617. The van der Waals surface area contributed by atoms with E-state index in [4.69, 9.17) is 11.6 Å². The second-order valence-corrected chi connectivity index (χ2v) is 5.61. The minimum absolute atomic E-state index is 0.130. The molecule has 0 aliphatic heterocycles. The van der Waals surface area contributed by atoms with Crippen LogP contribution in [0, 0.1) is 6.92 Å². The van der Waals surface area contributed by atoms with E-state index >= 15 is 0 Å². The molecule has 104 valence electrons. The highest BCUT2D eigenvalue weighted by molar-refractivity contribution is 9.10. The van der Waals surface area contributed by atoms with E-state index in [0.717, 1.165) is 15.7 Å². The van der Waals surface area contributed by atoms with Crippen molar-refractivity contribution in [3.8, 4) is 0 Å². The first-order valence-electron chi connectivity index (χ1n) is 6.10. The molecule has 2 rings (SSSR count).